The Morgan fingerprint density at radius 1 is 0.282 bits per heavy atom. The predicted molar refractivity (Wildman–Crippen MR) is 321 cm³/mol. The van der Waals surface area contributed by atoms with Crippen LogP contribution in [0.15, 0.2) is 0 Å². The minimum absolute atomic E-state index is 0.0555. The highest BCUT2D eigenvalue weighted by Crippen LogP contribution is 2.18. The lowest BCUT2D eigenvalue weighted by Gasteiger charge is -2.22. The van der Waals surface area contributed by atoms with Crippen LogP contribution < -0.4 is 0 Å². The predicted octanol–water partition coefficient (Wildman–Crippen LogP) is 16.9. The van der Waals surface area contributed by atoms with E-state index in [0.29, 0.717) is 6.42 Å². The van der Waals surface area contributed by atoms with Crippen LogP contribution in [0.3, 0.4) is 0 Å². The number of hydrogen-bond donors (Lipinski definition) is 3. The molecular formula is C66H128O12. The highest BCUT2D eigenvalue weighted by atomic mass is 16.6. The lowest BCUT2D eigenvalue weighted by Crippen LogP contribution is -2.34. The maximum atomic E-state index is 13.2. The van der Waals surface area contributed by atoms with Crippen LogP contribution in [-0.2, 0) is 42.8 Å². The van der Waals surface area contributed by atoms with Crippen molar-refractivity contribution >= 4 is 17.9 Å². The number of hydrogen-bond acceptors (Lipinski definition) is 12. The first-order valence-electron chi connectivity index (χ1n) is 33.5. The van der Waals surface area contributed by atoms with E-state index in [1.54, 1.807) is 0 Å². The molecule has 0 radical (unpaired) electrons. The molecule has 78 heavy (non-hydrogen) atoms. The Labute approximate surface area is 480 Å². The fourth-order valence-corrected chi connectivity index (χ4v) is 10.0. The summed E-state index contributed by atoms with van der Waals surface area (Å²) in [4.78, 5) is 39.2. The Morgan fingerprint density at radius 3 is 0.782 bits per heavy atom. The van der Waals surface area contributed by atoms with Gasteiger partial charge in [-0.05, 0) is 19.3 Å². The lowest BCUT2D eigenvalue weighted by atomic mass is 10.0. The number of esters is 3. The van der Waals surface area contributed by atoms with Crippen LogP contribution in [0.4, 0.5) is 0 Å². The summed E-state index contributed by atoms with van der Waals surface area (Å²) in [6, 6.07) is 0. The van der Waals surface area contributed by atoms with Crippen LogP contribution in [0, 0.1) is 0 Å². The van der Waals surface area contributed by atoms with Crippen molar-refractivity contribution in [1.82, 2.24) is 0 Å². The van der Waals surface area contributed by atoms with Crippen LogP contribution in [0.2, 0.25) is 0 Å². The van der Waals surface area contributed by atoms with Gasteiger partial charge < -0.3 is 43.7 Å². The number of aliphatic hydroxyl groups excluding tert-OH is 3. The van der Waals surface area contributed by atoms with Crippen molar-refractivity contribution in [3.63, 3.8) is 0 Å². The first-order chi connectivity index (χ1) is 38.2. The van der Waals surface area contributed by atoms with Crippen LogP contribution in [0.5, 0.6) is 0 Å². The summed E-state index contributed by atoms with van der Waals surface area (Å²) in [7, 11) is 0. The fourth-order valence-electron chi connectivity index (χ4n) is 10.0. The van der Waals surface area contributed by atoms with Gasteiger partial charge in [-0.3, -0.25) is 14.4 Å². The van der Waals surface area contributed by atoms with Gasteiger partial charge in [0, 0.05) is 19.3 Å². The SMILES string of the molecule is CCCCCCCCCCCCCCCCCC(=O)OCC(COCC(COCC(O)COCC(O)CO)OC(=O)CCCCCCCCCCCCCCCCC)OC(=O)CCCCCCCCCCCCCCCCC. The number of unbranched alkanes of at least 4 members (excludes halogenated alkanes) is 42. The van der Waals surface area contributed by atoms with E-state index in [1.807, 2.05) is 0 Å². The Hall–Kier alpha value is -1.83. The maximum Gasteiger partial charge on any atom is 0.306 e. The molecule has 0 aromatic rings. The Morgan fingerprint density at radius 2 is 0.500 bits per heavy atom. The molecule has 4 atom stereocenters. The van der Waals surface area contributed by atoms with E-state index >= 15 is 0 Å². The topological polar surface area (TPSA) is 167 Å². The molecule has 464 valence electrons. The van der Waals surface area contributed by atoms with Gasteiger partial charge in [-0.2, -0.15) is 0 Å². The van der Waals surface area contributed by atoms with Crippen molar-refractivity contribution in [2.24, 2.45) is 0 Å². The largest absolute Gasteiger partial charge is 0.462 e. The molecule has 0 aliphatic heterocycles. The molecule has 0 bridgehead atoms. The summed E-state index contributed by atoms with van der Waals surface area (Å²) < 4.78 is 34.4. The average Bonchev–Trinajstić information content (AvgIpc) is 3.43. The van der Waals surface area contributed by atoms with Crippen LogP contribution in [-0.4, -0.2) is 110 Å². The second kappa shape index (κ2) is 62.8. The standard InChI is InChI=1S/C66H128O12/c1-4-7-10-13-16-19-22-25-28-31-34-37-40-43-46-49-64(70)76-59-63(78-66(72)51-48-45-42-39-36-33-30-27-24-21-18-15-12-9-6-3)58-75-57-62(56-74-55-61(69)54-73-53-60(68)52-67)77-65(71)50-47-44-41-38-35-32-29-26-23-20-17-14-11-8-5-2/h60-63,67-69H,4-59H2,1-3H3. The second-order valence-corrected chi connectivity index (χ2v) is 23.1. The normalized spacial score (nSPS) is 13.2. The average molecular weight is 1110 g/mol. The van der Waals surface area contributed by atoms with Crippen molar-refractivity contribution in [1.29, 1.82) is 0 Å². The van der Waals surface area contributed by atoms with Gasteiger partial charge in [0.05, 0.1) is 46.2 Å². The highest BCUT2D eigenvalue weighted by molar-refractivity contribution is 5.70. The van der Waals surface area contributed by atoms with E-state index in [-0.39, 0.29) is 77.0 Å². The zero-order valence-electron chi connectivity index (χ0n) is 51.4. The lowest BCUT2D eigenvalue weighted by molar-refractivity contribution is -0.167. The smallest absolute Gasteiger partial charge is 0.306 e. The molecule has 0 heterocycles. The van der Waals surface area contributed by atoms with Gasteiger partial charge in [-0.15, -0.1) is 0 Å². The van der Waals surface area contributed by atoms with E-state index in [9.17, 15) is 24.6 Å². The van der Waals surface area contributed by atoms with E-state index in [4.69, 9.17) is 33.5 Å². The molecule has 0 saturated carbocycles. The molecule has 0 amide bonds. The van der Waals surface area contributed by atoms with Crippen molar-refractivity contribution in [2.45, 2.75) is 353 Å². The summed E-state index contributed by atoms with van der Waals surface area (Å²) >= 11 is 0. The zero-order chi connectivity index (χ0) is 56.9. The van der Waals surface area contributed by atoms with E-state index in [2.05, 4.69) is 20.8 Å². The minimum atomic E-state index is -1.04. The Kier molecular flexibility index (Phi) is 61.3. The molecule has 0 aliphatic carbocycles. The van der Waals surface area contributed by atoms with Gasteiger partial charge in [0.1, 0.15) is 24.9 Å². The molecule has 0 aromatic heterocycles. The third kappa shape index (κ3) is 58.8. The molecule has 0 aliphatic rings. The van der Waals surface area contributed by atoms with Crippen molar-refractivity contribution < 1.29 is 58.1 Å². The zero-order valence-corrected chi connectivity index (χ0v) is 51.4. The van der Waals surface area contributed by atoms with Crippen molar-refractivity contribution in [3.8, 4) is 0 Å². The molecule has 0 saturated heterocycles. The number of carbonyl (C=O) groups is 3. The van der Waals surface area contributed by atoms with Crippen molar-refractivity contribution in [3.05, 3.63) is 0 Å². The third-order valence-electron chi connectivity index (χ3n) is 15.0. The molecule has 3 N–H and O–H groups in total. The fraction of sp³-hybridized carbons (Fsp3) is 0.955. The van der Waals surface area contributed by atoms with Crippen LogP contribution in [0.1, 0.15) is 329 Å². The summed E-state index contributed by atoms with van der Waals surface area (Å²) in [5, 5.41) is 29.0. The molecule has 0 rings (SSSR count). The van der Waals surface area contributed by atoms with Gasteiger partial charge in [0.15, 0.2) is 6.10 Å². The molecular weight excluding hydrogens is 985 g/mol. The van der Waals surface area contributed by atoms with Gasteiger partial charge >= 0.3 is 17.9 Å². The molecule has 4 unspecified atom stereocenters. The maximum absolute atomic E-state index is 13.2. The third-order valence-corrected chi connectivity index (χ3v) is 15.0. The summed E-state index contributed by atoms with van der Waals surface area (Å²) in [5.41, 5.74) is 0. The summed E-state index contributed by atoms with van der Waals surface area (Å²) in [6.45, 7) is 5.70. The molecule has 0 aromatic carbocycles. The van der Waals surface area contributed by atoms with Gasteiger partial charge in [0.2, 0.25) is 0 Å². The minimum Gasteiger partial charge on any atom is -0.462 e. The molecule has 0 fully saturated rings. The van der Waals surface area contributed by atoms with E-state index < -0.39 is 31.0 Å². The van der Waals surface area contributed by atoms with Gasteiger partial charge in [-0.1, -0.05) is 290 Å². The van der Waals surface area contributed by atoms with Gasteiger partial charge in [-0.25, -0.2) is 0 Å². The quantitative estimate of drug-likeness (QED) is 0.0300. The molecule has 12 nitrogen and oxygen atoms in total. The second-order valence-electron chi connectivity index (χ2n) is 23.1. The van der Waals surface area contributed by atoms with Crippen LogP contribution >= 0.6 is 0 Å². The van der Waals surface area contributed by atoms with Gasteiger partial charge in [0.25, 0.3) is 0 Å². The first kappa shape index (κ1) is 76.2. The summed E-state index contributed by atoms with van der Waals surface area (Å²) in [6.07, 6.45) is 53.1. The Bertz CT molecular complexity index is 1240. The number of rotatable bonds is 65. The van der Waals surface area contributed by atoms with Crippen LogP contribution in [0.25, 0.3) is 0 Å². The van der Waals surface area contributed by atoms with E-state index in [0.717, 1.165) is 57.8 Å². The monoisotopic (exact) mass is 1110 g/mol. The molecule has 0 spiro atoms. The number of aliphatic hydroxyl groups is 3. The number of ether oxygens (including phenoxy) is 6. The van der Waals surface area contributed by atoms with E-state index in [1.165, 1.54) is 231 Å². The number of carbonyl (C=O) groups excluding carboxylic acids is 3. The highest BCUT2D eigenvalue weighted by Gasteiger charge is 2.21. The van der Waals surface area contributed by atoms with Crippen molar-refractivity contribution in [2.75, 3.05) is 52.9 Å². The summed E-state index contributed by atoms with van der Waals surface area (Å²) in [5.74, 6) is -1.03. The Balaban J connectivity index is 5.08. The first-order valence-corrected chi connectivity index (χ1v) is 33.5. The molecule has 12 heteroatoms.